The number of nitrogen functional groups attached to an aromatic ring is 1. The summed E-state index contributed by atoms with van der Waals surface area (Å²) in [5, 5.41) is 6.06. The van der Waals surface area contributed by atoms with E-state index in [4.69, 9.17) is 5.73 Å². The van der Waals surface area contributed by atoms with Gasteiger partial charge in [-0.2, -0.15) is 0 Å². The quantitative estimate of drug-likeness (QED) is 0.685. The smallest absolute Gasteiger partial charge is 0.257 e. The maximum Gasteiger partial charge on any atom is 0.257 e. The van der Waals surface area contributed by atoms with E-state index in [2.05, 4.69) is 21.7 Å². The molecule has 8 heteroatoms. The summed E-state index contributed by atoms with van der Waals surface area (Å²) < 4.78 is 0. The van der Waals surface area contributed by atoms with Gasteiger partial charge in [-0.3, -0.25) is 9.78 Å². The molecule has 2 heterocycles. The number of nitrogens with one attached hydrogen (secondary N) is 2. The van der Waals surface area contributed by atoms with Crippen LogP contribution in [0.25, 0.3) is 5.57 Å². The summed E-state index contributed by atoms with van der Waals surface area (Å²) in [7, 11) is 0. The van der Waals surface area contributed by atoms with E-state index in [0.29, 0.717) is 16.9 Å². The Morgan fingerprint density at radius 3 is 2.48 bits per heavy atom. The van der Waals surface area contributed by atoms with Crippen molar-refractivity contribution in [3.05, 3.63) is 59.9 Å². The molecule has 0 aliphatic carbocycles. The Morgan fingerprint density at radius 2 is 1.88 bits per heavy atom. The third-order valence-corrected chi connectivity index (χ3v) is 3.63. The largest absolute Gasteiger partial charge is 0.397 e. The first-order valence-electron chi connectivity index (χ1n) is 7.26. The minimum Gasteiger partial charge on any atom is -0.397 e. The second kappa shape index (κ2) is 10.9. The highest BCUT2D eigenvalue weighted by Crippen LogP contribution is 2.20. The lowest BCUT2D eigenvalue weighted by Gasteiger charge is -2.13. The Balaban J connectivity index is 0.00000192. The van der Waals surface area contributed by atoms with Crippen LogP contribution < -0.4 is 16.4 Å². The molecule has 0 spiro atoms. The first-order valence-corrected chi connectivity index (χ1v) is 7.26. The van der Waals surface area contributed by atoms with Gasteiger partial charge in [0, 0.05) is 12.7 Å². The van der Waals surface area contributed by atoms with E-state index in [1.165, 1.54) is 5.57 Å². The molecule has 0 saturated carbocycles. The van der Waals surface area contributed by atoms with Gasteiger partial charge in [0.25, 0.3) is 5.91 Å². The number of aromatic nitrogens is 1. The SMILES string of the molecule is Cl.Cl.Cl.Nc1ccccc1NC(=O)c1ccc(C2=CCNCC2)nc1. The van der Waals surface area contributed by atoms with Crippen molar-refractivity contribution in [2.75, 3.05) is 24.1 Å². The van der Waals surface area contributed by atoms with E-state index in [1.54, 1.807) is 24.4 Å². The normalized spacial score (nSPS) is 12.6. The lowest BCUT2D eigenvalue weighted by atomic mass is 10.0. The van der Waals surface area contributed by atoms with Gasteiger partial charge in [-0.25, -0.2) is 0 Å². The summed E-state index contributed by atoms with van der Waals surface area (Å²) in [6.07, 6.45) is 4.70. The van der Waals surface area contributed by atoms with E-state index in [0.717, 1.165) is 25.2 Å². The Hall–Kier alpha value is -1.79. The van der Waals surface area contributed by atoms with E-state index in [9.17, 15) is 4.79 Å². The highest BCUT2D eigenvalue weighted by Gasteiger charge is 2.11. The summed E-state index contributed by atoms with van der Waals surface area (Å²) in [5.41, 5.74) is 9.64. The van der Waals surface area contributed by atoms with E-state index in [1.807, 2.05) is 18.2 Å². The molecule has 4 N–H and O–H groups in total. The second-order valence-corrected chi connectivity index (χ2v) is 5.16. The predicted octanol–water partition coefficient (Wildman–Crippen LogP) is 3.56. The fourth-order valence-electron chi connectivity index (χ4n) is 2.38. The summed E-state index contributed by atoms with van der Waals surface area (Å²) >= 11 is 0. The molecule has 0 atom stereocenters. The van der Waals surface area contributed by atoms with Crippen LogP contribution in [-0.2, 0) is 0 Å². The van der Waals surface area contributed by atoms with Gasteiger partial charge >= 0.3 is 0 Å². The van der Waals surface area contributed by atoms with Crippen molar-refractivity contribution in [2.45, 2.75) is 6.42 Å². The van der Waals surface area contributed by atoms with Crippen LogP contribution in [0.1, 0.15) is 22.5 Å². The van der Waals surface area contributed by atoms with Crippen LogP contribution in [0.2, 0.25) is 0 Å². The molecule has 1 aromatic heterocycles. The first kappa shape index (κ1) is 23.2. The lowest BCUT2D eigenvalue weighted by Crippen LogP contribution is -2.20. The molecule has 3 rings (SSSR count). The van der Waals surface area contributed by atoms with Gasteiger partial charge in [0.05, 0.1) is 22.6 Å². The van der Waals surface area contributed by atoms with Gasteiger partial charge < -0.3 is 16.4 Å². The zero-order chi connectivity index (χ0) is 15.4. The van der Waals surface area contributed by atoms with Crippen LogP contribution in [0.3, 0.4) is 0 Å². The van der Waals surface area contributed by atoms with Gasteiger partial charge in [0.2, 0.25) is 0 Å². The molecule has 1 aliphatic rings. The zero-order valence-corrected chi connectivity index (χ0v) is 15.8. The minimum atomic E-state index is -0.212. The third kappa shape index (κ3) is 5.90. The molecule has 1 amide bonds. The van der Waals surface area contributed by atoms with E-state index >= 15 is 0 Å². The number of hydrogen-bond acceptors (Lipinski definition) is 4. The predicted molar refractivity (Wildman–Crippen MR) is 110 cm³/mol. The van der Waals surface area contributed by atoms with E-state index in [-0.39, 0.29) is 43.1 Å². The molecule has 0 radical (unpaired) electrons. The Kier molecular flexibility index (Phi) is 10.2. The molecule has 25 heavy (non-hydrogen) atoms. The van der Waals surface area contributed by atoms with Crippen molar-refractivity contribution in [1.82, 2.24) is 10.3 Å². The number of amides is 1. The highest BCUT2D eigenvalue weighted by atomic mass is 35.5. The van der Waals surface area contributed by atoms with E-state index < -0.39 is 0 Å². The zero-order valence-electron chi connectivity index (χ0n) is 13.4. The topological polar surface area (TPSA) is 80.0 Å². The number of nitrogens with two attached hydrogens (primary N) is 1. The fraction of sp³-hybridized carbons (Fsp3) is 0.176. The number of pyridine rings is 1. The monoisotopic (exact) mass is 402 g/mol. The van der Waals surface area contributed by atoms with Crippen LogP contribution in [0.5, 0.6) is 0 Å². The van der Waals surface area contributed by atoms with Crippen molar-refractivity contribution in [2.24, 2.45) is 0 Å². The molecular formula is C17H21Cl3N4O. The Labute approximate surface area is 165 Å². The molecule has 2 aromatic rings. The lowest BCUT2D eigenvalue weighted by molar-refractivity contribution is 0.102. The van der Waals surface area contributed by atoms with Gasteiger partial charge in [-0.15, -0.1) is 37.2 Å². The number of nitrogens with zero attached hydrogens (tertiary/aromatic N) is 1. The van der Waals surface area contributed by atoms with Crippen LogP contribution in [-0.4, -0.2) is 24.0 Å². The number of carbonyl (C=O) groups excluding carboxylic acids is 1. The van der Waals surface area contributed by atoms with Crippen molar-refractivity contribution >= 4 is 60.1 Å². The molecule has 136 valence electrons. The number of halogens is 3. The maximum absolute atomic E-state index is 12.2. The second-order valence-electron chi connectivity index (χ2n) is 5.16. The molecule has 5 nitrogen and oxygen atoms in total. The van der Waals surface area contributed by atoms with Gasteiger partial charge in [0.15, 0.2) is 0 Å². The fourth-order valence-corrected chi connectivity index (χ4v) is 2.38. The average molecular weight is 404 g/mol. The highest BCUT2D eigenvalue weighted by molar-refractivity contribution is 6.05. The van der Waals surface area contributed by atoms with Crippen LogP contribution in [0, 0.1) is 0 Å². The Morgan fingerprint density at radius 1 is 1.12 bits per heavy atom. The van der Waals surface area contributed by atoms with Crippen molar-refractivity contribution < 1.29 is 4.79 Å². The number of benzene rings is 1. The standard InChI is InChI=1S/C17H18N4O.3ClH/c18-14-3-1-2-4-16(14)21-17(22)13-5-6-15(20-11-13)12-7-9-19-10-8-12;;;/h1-7,11,19H,8-10,18H2,(H,21,22);3*1H. The van der Waals surface area contributed by atoms with Crippen molar-refractivity contribution in [3.8, 4) is 0 Å². The van der Waals surface area contributed by atoms with Crippen LogP contribution in [0.4, 0.5) is 11.4 Å². The molecular weight excluding hydrogens is 383 g/mol. The molecule has 0 unspecified atom stereocenters. The average Bonchev–Trinajstić information content (AvgIpc) is 2.58. The van der Waals surface area contributed by atoms with Crippen LogP contribution >= 0.6 is 37.2 Å². The van der Waals surface area contributed by atoms with Crippen molar-refractivity contribution in [1.29, 1.82) is 0 Å². The van der Waals surface area contributed by atoms with Gasteiger partial charge in [-0.05, 0) is 42.8 Å². The summed E-state index contributed by atoms with van der Waals surface area (Å²) in [5.74, 6) is -0.212. The molecule has 1 aromatic carbocycles. The first-order chi connectivity index (χ1) is 10.7. The summed E-state index contributed by atoms with van der Waals surface area (Å²) in [4.78, 5) is 16.6. The molecule has 0 saturated heterocycles. The number of hydrogen-bond donors (Lipinski definition) is 3. The van der Waals surface area contributed by atoms with Gasteiger partial charge in [-0.1, -0.05) is 18.2 Å². The number of para-hydroxylation sites is 2. The minimum absolute atomic E-state index is 0. The summed E-state index contributed by atoms with van der Waals surface area (Å²) in [6.45, 7) is 1.83. The summed E-state index contributed by atoms with van der Waals surface area (Å²) in [6, 6.07) is 10.9. The third-order valence-electron chi connectivity index (χ3n) is 3.63. The molecule has 0 fully saturated rings. The van der Waals surface area contributed by atoms with Crippen LogP contribution in [0.15, 0.2) is 48.7 Å². The number of anilines is 2. The van der Waals surface area contributed by atoms with Gasteiger partial charge in [0.1, 0.15) is 0 Å². The Bertz CT molecular complexity index is 720. The number of rotatable bonds is 3. The molecule has 0 bridgehead atoms. The number of carbonyl (C=O) groups is 1. The maximum atomic E-state index is 12.2. The molecule has 1 aliphatic heterocycles. The van der Waals surface area contributed by atoms with Crippen molar-refractivity contribution in [3.63, 3.8) is 0 Å².